The van der Waals surface area contributed by atoms with E-state index >= 15 is 0 Å². The molecule has 0 saturated carbocycles. The Bertz CT molecular complexity index is 145. The van der Waals surface area contributed by atoms with E-state index in [2.05, 4.69) is 20.4 Å². The predicted octanol–water partition coefficient (Wildman–Crippen LogP) is 0.389. The first-order valence-corrected chi connectivity index (χ1v) is 2.39. The minimum Gasteiger partial charge on any atom is -0.388 e. The van der Waals surface area contributed by atoms with Crippen LogP contribution in [0.2, 0.25) is 0 Å². The number of rotatable bonds is 1. The van der Waals surface area contributed by atoms with Gasteiger partial charge in [0, 0.05) is 7.05 Å². The fourth-order valence-corrected chi connectivity index (χ4v) is 0.282. The van der Waals surface area contributed by atoms with Crippen LogP contribution < -0.4 is 5.73 Å². The van der Waals surface area contributed by atoms with Crippen LogP contribution in [0.5, 0.6) is 0 Å². The van der Waals surface area contributed by atoms with Gasteiger partial charge in [0.15, 0.2) is 5.84 Å². The summed E-state index contributed by atoms with van der Waals surface area (Å²) in [5, 5.41) is 13.9. The molecule has 0 aliphatic heterocycles. The van der Waals surface area contributed by atoms with Crippen molar-refractivity contribution in [3.63, 3.8) is 0 Å². The van der Waals surface area contributed by atoms with Crippen molar-refractivity contribution in [3.05, 3.63) is 0 Å². The zero-order chi connectivity index (χ0) is 7.11. The molecule has 5 heteroatoms. The second-order valence-electron chi connectivity index (χ2n) is 1.21. The maximum Gasteiger partial charge on any atom is 0.169 e. The molecule has 0 fully saturated rings. The fourth-order valence-electron chi connectivity index (χ4n) is 0.282. The molecule has 2 N–H and O–H groups in total. The number of nitrogens with zero attached hydrogens (tertiary/aromatic N) is 4. The summed E-state index contributed by atoms with van der Waals surface area (Å²) in [5.74, 6) is 0.485. The quantitative estimate of drug-likeness (QED) is 0.235. The van der Waals surface area contributed by atoms with Gasteiger partial charge in [0.05, 0.1) is 0 Å². The molecule has 0 heterocycles. The Morgan fingerprint density at radius 3 is 2.67 bits per heavy atom. The van der Waals surface area contributed by atoms with E-state index in [1.807, 2.05) is 0 Å². The molecule has 0 atom stereocenters. The molecule has 0 aromatic rings. The lowest BCUT2D eigenvalue weighted by Gasteiger charge is -1.80. The normalized spacial score (nSPS) is 13.8. The number of amidine groups is 1. The van der Waals surface area contributed by atoms with Crippen LogP contribution in [0.1, 0.15) is 6.92 Å². The number of nitrogens with two attached hydrogens (primary N) is 1. The first kappa shape index (κ1) is 7.74. The molecule has 0 spiro atoms. The molecule has 0 bridgehead atoms. The zero-order valence-corrected chi connectivity index (χ0v) is 5.44. The van der Waals surface area contributed by atoms with Crippen LogP contribution >= 0.6 is 0 Å². The summed E-state index contributed by atoms with van der Waals surface area (Å²) < 4.78 is 0. The van der Waals surface area contributed by atoms with Gasteiger partial charge in [-0.15, -0.1) is 15.3 Å². The zero-order valence-electron chi connectivity index (χ0n) is 5.44. The first-order valence-electron chi connectivity index (χ1n) is 2.39. The van der Waals surface area contributed by atoms with Crippen molar-refractivity contribution in [2.24, 2.45) is 26.2 Å². The van der Waals surface area contributed by atoms with Gasteiger partial charge in [-0.25, -0.2) is 0 Å². The number of hydrogen-bond acceptors (Lipinski definition) is 3. The molecule has 0 saturated heterocycles. The molecular weight excluding hydrogens is 118 g/mol. The van der Waals surface area contributed by atoms with Crippen LogP contribution in [0.15, 0.2) is 20.4 Å². The van der Waals surface area contributed by atoms with Gasteiger partial charge < -0.3 is 5.73 Å². The van der Waals surface area contributed by atoms with Crippen molar-refractivity contribution < 1.29 is 0 Å². The molecule has 0 aliphatic carbocycles. The third-order valence-electron chi connectivity index (χ3n) is 0.514. The summed E-state index contributed by atoms with van der Waals surface area (Å²) in [7, 11) is 1.56. The summed E-state index contributed by atoms with van der Waals surface area (Å²) in [5.41, 5.74) is 4.90. The van der Waals surface area contributed by atoms with Crippen molar-refractivity contribution in [1.29, 1.82) is 0 Å². The van der Waals surface area contributed by atoms with Gasteiger partial charge in [0.25, 0.3) is 0 Å². The Labute approximate surface area is 53.4 Å². The minimum absolute atomic E-state index is 0.485. The van der Waals surface area contributed by atoms with E-state index in [9.17, 15) is 0 Å². The molecule has 0 unspecified atom stereocenters. The Morgan fingerprint density at radius 2 is 2.22 bits per heavy atom. The van der Waals surface area contributed by atoms with Crippen LogP contribution in [-0.4, -0.2) is 19.2 Å². The van der Waals surface area contributed by atoms with E-state index in [-0.39, 0.29) is 0 Å². The third-order valence-corrected chi connectivity index (χ3v) is 0.514. The van der Waals surface area contributed by atoms with E-state index in [0.29, 0.717) is 5.84 Å². The van der Waals surface area contributed by atoms with Crippen LogP contribution in [-0.2, 0) is 0 Å². The topological polar surface area (TPSA) is 75.5 Å². The van der Waals surface area contributed by atoms with E-state index < -0.39 is 0 Å². The monoisotopic (exact) mass is 127 g/mol. The molecule has 0 aromatic carbocycles. The average Bonchev–Trinajstić information content (AvgIpc) is 1.85. The molecule has 50 valence electrons. The lowest BCUT2D eigenvalue weighted by Crippen LogP contribution is -1.88. The molecule has 9 heavy (non-hydrogen) atoms. The maximum atomic E-state index is 4.90. The minimum atomic E-state index is 0.485. The summed E-state index contributed by atoms with van der Waals surface area (Å²) in [6.07, 6.45) is 1.09. The average molecular weight is 127 g/mol. The Hall–Kier alpha value is -1.26. The molecule has 0 aromatic heterocycles. The van der Waals surface area contributed by atoms with Crippen LogP contribution in [0.3, 0.4) is 0 Å². The molecule has 0 rings (SSSR count). The third kappa shape index (κ3) is 4.60. The summed E-state index contributed by atoms with van der Waals surface area (Å²) in [6.45, 7) is 1.68. The van der Waals surface area contributed by atoms with Gasteiger partial charge in [0.2, 0.25) is 0 Å². The van der Waals surface area contributed by atoms with E-state index in [1.54, 1.807) is 14.0 Å². The fraction of sp³-hybridized carbons (Fsp3) is 0.500. The second kappa shape index (κ2) is 4.89. The van der Waals surface area contributed by atoms with E-state index in [4.69, 9.17) is 5.73 Å². The van der Waals surface area contributed by atoms with Crippen LogP contribution in [0, 0.1) is 0 Å². The highest BCUT2D eigenvalue weighted by Gasteiger charge is 1.78. The number of azo groups is 1. The van der Waals surface area contributed by atoms with Gasteiger partial charge in [-0.3, -0.25) is 0 Å². The highest BCUT2D eigenvalue weighted by atomic mass is 15.3. The molecule has 0 aliphatic rings. The lowest BCUT2D eigenvalue weighted by atomic mass is 10.7. The standard InChI is InChI=1S/C4H9N5/c1-4(8-6-2)9-7-3-5/h3H,1-2H3,(H2,5,7)/b8-6?,9-4+. The van der Waals surface area contributed by atoms with Crippen molar-refractivity contribution >= 4 is 12.2 Å². The van der Waals surface area contributed by atoms with Crippen molar-refractivity contribution in [2.45, 2.75) is 6.92 Å². The summed E-state index contributed by atoms with van der Waals surface area (Å²) in [4.78, 5) is 0. The van der Waals surface area contributed by atoms with Gasteiger partial charge in [-0.05, 0) is 6.92 Å². The van der Waals surface area contributed by atoms with Gasteiger partial charge in [-0.1, -0.05) is 0 Å². The lowest BCUT2D eigenvalue weighted by molar-refractivity contribution is 1.14. The molecular formula is C4H9N5. The smallest absolute Gasteiger partial charge is 0.169 e. The highest BCUT2D eigenvalue weighted by molar-refractivity contribution is 5.79. The van der Waals surface area contributed by atoms with Gasteiger partial charge in [-0.2, -0.15) is 5.11 Å². The van der Waals surface area contributed by atoms with E-state index in [1.165, 1.54) is 0 Å². The highest BCUT2D eigenvalue weighted by Crippen LogP contribution is 1.79. The van der Waals surface area contributed by atoms with Gasteiger partial charge >= 0.3 is 0 Å². The van der Waals surface area contributed by atoms with Gasteiger partial charge in [0.1, 0.15) is 6.34 Å². The predicted molar refractivity (Wildman–Crippen MR) is 36.6 cm³/mol. The van der Waals surface area contributed by atoms with Crippen molar-refractivity contribution in [3.8, 4) is 0 Å². The molecule has 0 radical (unpaired) electrons. The summed E-state index contributed by atoms with van der Waals surface area (Å²) in [6, 6.07) is 0. The van der Waals surface area contributed by atoms with Crippen LogP contribution in [0.4, 0.5) is 0 Å². The largest absolute Gasteiger partial charge is 0.388 e. The first-order chi connectivity index (χ1) is 4.31. The van der Waals surface area contributed by atoms with Crippen LogP contribution in [0.25, 0.3) is 0 Å². The number of hydrogen-bond donors (Lipinski definition) is 1. The molecule has 5 nitrogen and oxygen atoms in total. The summed E-state index contributed by atoms with van der Waals surface area (Å²) >= 11 is 0. The maximum absolute atomic E-state index is 4.90. The second-order valence-corrected chi connectivity index (χ2v) is 1.21. The van der Waals surface area contributed by atoms with Crippen molar-refractivity contribution in [1.82, 2.24) is 0 Å². The Kier molecular flexibility index (Phi) is 4.20. The SMILES string of the molecule is CN=N/C(C)=N/N=CN. The Balaban J connectivity index is 3.84. The van der Waals surface area contributed by atoms with Crippen molar-refractivity contribution in [2.75, 3.05) is 7.05 Å². The molecule has 0 amide bonds. The Morgan fingerprint density at radius 1 is 1.56 bits per heavy atom. The van der Waals surface area contributed by atoms with E-state index in [0.717, 1.165) is 6.34 Å².